The van der Waals surface area contributed by atoms with Crippen LogP contribution in [0, 0.1) is 19.7 Å². The van der Waals surface area contributed by atoms with E-state index in [1.165, 1.54) is 0 Å². The van der Waals surface area contributed by atoms with Crippen LogP contribution >= 0.6 is 27.5 Å². The lowest BCUT2D eigenvalue weighted by Gasteiger charge is -2.09. The SMILES string of the molecule is Cc1c(-c2ccc(Br)c(Cl)c2F)n[nH]c(=O)c1C. The van der Waals surface area contributed by atoms with Crippen molar-refractivity contribution >= 4 is 27.5 Å². The number of rotatable bonds is 1. The first-order chi connectivity index (χ1) is 8.43. The van der Waals surface area contributed by atoms with E-state index in [-0.39, 0.29) is 16.1 Å². The molecule has 2 aromatic rings. The van der Waals surface area contributed by atoms with Crippen molar-refractivity contribution in [3.8, 4) is 11.3 Å². The maximum atomic E-state index is 14.1. The highest BCUT2D eigenvalue weighted by Gasteiger charge is 2.16. The molecule has 0 saturated heterocycles. The van der Waals surface area contributed by atoms with Crippen LogP contribution in [0.3, 0.4) is 0 Å². The summed E-state index contributed by atoms with van der Waals surface area (Å²) in [6.45, 7) is 3.39. The first kappa shape index (κ1) is 13.2. The lowest BCUT2D eigenvalue weighted by atomic mass is 10.0. The van der Waals surface area contributed by atoms with Crippen molar-refractivity contribution in [2.75, 3.05) is 0 Å². The van der Waals surface area contributed by atoms with Crippen LogP contribution in [0.1, 0.15) is 11.1 Å². The molecule has 0 fully saturated rings. The molecule has 0 atom stereocenters. The van der Waals surface area contributed by atoms with Crippen LogP contribution in [0.4, 0.5) is 4.39 Å². The summed E-state index contributed by atoms with van der Waals surface area (Å²) in [7, 11) is 0. The number of hydrogen-bond acceptors (Lipinski definition) is 2. The third-order valence-electron chi connectivity index (χ3n) is 2.82. The van der Waals surface area contributed by atoms with E-state index in [0.29, 0.717) is 21.3 Å². The lowest BCUT2D eigenvalue weighted by Crippen LogP contribution is -2.14. The van der Waals surface area contributed by atoms with Crippen LogP contribution in [-0.2, 0) is 0 Å². The van der Waals surface area contributed by atoms with Gasteiger partial charge in [0.25, 0.3) is 5.56 Å². The molecule has 1 heterocycles. The number of aromatic nitrogens is 2. The Bertz CT molecular complexity index is 685. The third-order valence-corrected chi connectivity index (χ3v) is 4.08. The van der Waals surface area contributed by atoms with Crippen molar-refractivity contribution in [1.29, 1.82) is 0 Å². The summed E-state index contributed by atoms with van der Waals surface area (Å²) >= 11 is 8.98. The smallest absolute Gasteiger partial charge is 0.267 e. The summed E-state index contributed by atoms with van der Waals surface area (Å²) in [4.78, 5) is 11.4. The first-order valence-corrected chi connectivity index (χ1v) is 6.30. The molecule has 1 aromatic carbocycles. The second-order valence-electron chi connectivity index (χ2n) is 3.87. The molecule has 94 valence electrons. The highest BCUT2D eigenvalue weighted by Crippen LogP contribution is 2.33. The number of nitrogens with one attached hydrogen (secondary N) is 1. The van der Waals surface area contributed by atoms with E-state index < -0.39 is 5.82 Å². The summed E-state index contributed by atoms with van der Waals surface area (Å²) in [5.74, 6) is -0.562. The van der Waals surface area contributed by atoms with E-state index >= 15 is 0 Å². The van der Waals surface area contributed by atoms with Gasteiger partial charge in [0.2, 0.25) is 0 Å². The Balaban J connectivity index is 2.75. The zero-order valence-corrected chi connectivity index (χ0v) is 12.0. The summed E-state index contributed by atoms with van der Waals surface area (Å²) in [6, 6.07) is 3.21. The number of halogens is 3. The summed E-state index contributed by atoms with van der Waals surface area (Å²) in [5, 5.41) is 6.23. The van der Waals surface area contributed by atoms with Gasteiger partial charge < -0.3 is 0 Å². The molecule has 1 N–H and O–H groups in total. The van der Waals surface area contributed by atoms with Crippen molar-refractivity contribution in [2.45, 2.75) is 13.8 Å². The molecular weight excluding hydrogens is 323 g/mol. The first-order valence-electron chi connectivity index (χ1n) is 5.13. The van der Waals surface area contributed by atoms with Gasteiger partial charge in [-0.15, -0.1) is 0 Å². The second-order valence-corrected chi connectivity index (χ2v) is 5.11. The van der Waals surface area contributed by atoms with Gasteiger partial charge >= 0.3 is 0 Å². The molecule has 1 aromatic heterocycles. The maximum absolute atomic E-state index is 14.1. The van der Waals surface area contributed by atoms with Gasteiger partial charge in [-0.05, 0) is 47.5 Å². The molecule has 0 amide bonds. The molecule has 0 aliphatic heterocycles. The van der Waals surface area contributed by atoms with Gasteiger partial charge in [0, 0.05) is 15.6 Å². The number of H-pyrrole nitrogens is 1. The monoisotopic (exact) mass is 330 g/mol. The number of hydrogen-bond donors (Lipinski definition) is 1. The average molecular weight is 332 g/mol. The largest absolute Gasteiger partial charge is 0.268 e. The average Bonchev–Trinajstić information content (AvgIpc) is 2.35. The minimum Gasteiger partial charge on any atom is -0.268 e. The Morgan fingerprint density at radius 3 is 2.67 bits per heavy atom. The molecule has 0 saturated carbocycles. The van der Waals surface area contributed by atoms with Gasteiger partial charge in [-0.25, -0.2) is 9.49 Å². The number of benzene rings is 1. The molecule has 0 bridgehead atoms. The number of aromatic amines is 1. The molecule has 0 spiro atoms. The number of nitrogens with zero attached hydrogens (tertiary/aromatic N) is 1. The highest BCUT2D eigenvalue weighted by molar-refractivity contribution is 9.10. The molecular formula is C12H9BrClFN2O. The molecule has 0 aliphatic carbocycles. The van der Waals surface area contributed by atoms with E-state index in [2.05, 4.69) is 26.1 Å². The van der Waals surface area contributed by atoms with E-state index in [1.54, 1.807) is 26.0 Å². The van der Waals surface area contributed by atoms with Crippen LogP contribution in [0.15, 0.2) is 21.4 Å². The van der Waals surface area contributed by atoms with Gasteiger partial charge in [0.1, 0.15) is 0 Å². The van der Waals surface area contributed by atoms with E-state index in [0.717, 1.165) is 0 Å². The van der Waals surface area contributed by atoms with Crippen molar-refractivity contribution in [3.63, 3.8) is 0 Å². The molecule has 18 heavy (non-hydrogen) atoms. The van der Waals surface area contributed by atoms with Crippen LogP contribution in [0.25, 0.3) is 11.3 Å². The van der Waals surface area contributed by atoms with Crippen molar-refractivity contribution in [2.24, 2.45) is 0 Å². The Labute approximate surface area is 116 Å². The van der Waals surface area contributed by atoms with Gasteiger partial charge in [-0.1, -0.05) is 11.6 Å². The zero-order chi connectivity index (χ0) is 13.4. The van der Waals surface area contributed by atoms with Gasteiger partial charge in [-0.2, -0.15) is 5.10 Å². The lowest BCUT2D eigenvalue weighted by molar-refractivity contribution is 0.629. The standard InChI is InChI=1S/C12H9BrClFN2O/c1-5-6(2)12(18)17-16-11(5)7-3-4-8(13)9(14)10(7)15/h3-4H,1-2H3,(H,17,18). The predicted molar refractivity (Wildman–Crippen MR) is 72.4 cm³/mol. The van der Waals surface area contributed by atoms with Crippen molar-refractivity contribution < 1.29 is 4.39 Å². The second kappa shape index (κ2) is 4.82. The fourth-order valence-corrected chi connectivity index (χ4v) is 2.06. The summed E-state index contributed by atoms with van der Waals surface area (Å²) in [6.07, 6.45) is 0. The Kier molecular flexibility index (Phi) is 3.54. The minimum absolute atomic E-state index is 0.00227. The van der Waals surface area contributed by atoms with Crippen LogP contribution in [0.5, 0.6) is 0 Å². The van der Waals surface area contributed by atoms with Gasteiger partial charge in [0.05, 0.1) is 10.7 Å². The van der Waals surface area contributed by atoms with Gasteiger partial charge in [0.15, 0.2) is 5.82 Å². The third kappa shape index (κ3) is 2.08. The molecule has 3 nitrogen and oxygen atoms in total. The maximum Gasteiger partial charge on any atom is 0.267 e. The Morgan fingerprint density at radius 1 is 1.33 bits per heavy atom. The van der Waals surface area contributed by atoms with E-state index in [1.807, 2.05) is 0 Å². The zero-order valence-electron chi connectivity index (χ0n) is 9.64. The van der Waals surface area contributed by atoms with E-state index in [9.17, 15) is 9.18 Å². The molecule has 2 rings (SSSR count). The van der Waals surface area contributed by atoms with Crippen molar-refractivity contribution in [1.82, 2.24) is 10.2 Å². The summed E-state index contributed by atoms with van der Waals surface area (Å²) in [5.41, 5.74) is 1.52. The highest BCUT2D eigenvalue weighted by atomic mass is 79.9. The van der Waals surface area contributed by atoms with E-state index in [4.69, 9.17) is 11.6 Å². The Morgan fingerprint density at radius 2 is 2.00 bits per heavy atom. The molecule has 6 heteroatoms. The Hall–Kier alpha value is -1.20. The van der Waals surface area contributed by atoms with Crippen LogP contribution < -0.4 is 5.56 Å². The normalized spacial score (nSPS) is 10.7. The minimum atomic E-state index is -0.562. The van der Waals surface area contributed by atoms with Crippen molar-refractivity contribution in [3.05, 3.63) is 48.9 Å². The fourth-order valence-electron chi connectivity index (χ4n) is 1.59. The van der Waals surface area contributed by atoms with Crippen LogP contribution in [0.2, 0.25) is 5.02 Å². The molecule has 0 unspecified atom stereocenters. The molecule has 0 radical (unpaired) electrons. The topological polar surface area (TPSA) is 45.8 Å². The van der Waals surface area contributed by atoms with Gasteiger partial charge in [-0.3, -0.25) is 4.79 Å². The fraction of sp³-hybridized carbons (Fsp3) is 0.167. The predicted octanol–water partition coefficient (Wildman–Crippen LogP) is 3.61. The van der Waals surface area contributed by atoms with Crippen LogP contribution in [-0.4, -0.2) is 10.2 Å². The quantitative estimate of drug-likeness (QED) is 0.811. The summed E-state index contributed by atoms with van der Waals surface area (Å²) < 4.78 is 14.5. The molecule has 0 aliphatic rings.